The molecule has 0 radical (unpaired) electrons. The van der Waals surface area contributed by atoms with Gasteiger partial charge in [0.15, 0.2) is 0 Å². The third-order valence-electron chi connectivity index (χ3n) is 5.34. The molecule has 6 heteroatoms. The second-order valence-electron chi connectivity index (χ2n) is 7.79. The Balaban J connectivity index is 1.79. The van der Waals surface area contributed by atoms with E-state index in [1.54, 1.807) is 6.92 Å². The van der Waals surface area contributed by atoms with Crippen molar-refractivity contribution in [2.75, 3.05) is 6.61 Å². The number of esters is 1. The molecule has 2 N–H and O–H groups in total. The molecule has 2 amide bonds. The molecule has 1 aromatic rings. The van der Waals surface area contributed by atoms with Gasteiger partial charge in [-0.3, -0.25) is 0 Å². The topological polar surface area (TPSA) is 76.7 Å². The van der Waals surface area contributed by atoms with E-state index in [4.69, 9.17) is 9.47 Å². The van der Waals surface area contributed by atoms with Crippen LogP contribution in [0.4, 0.5) is 4.79 Å². The number of urea groups is 1. The smallest absolute Gasteiger partial charge is 0.338 e. The van der Waals surface area contributed by atoms with E-state index >= 15 is 0 Å². The molecular weight excluding hydrogens is 356 g/mol. The van der Waals surface area contributed by atoms with Gasteiger partial charge < -0.3 is 20.1 Å². The molecule has 1 saturated carbocycles. The molecule has 0 saturated heterocycles. The molecule has 1 heterocycles. The highest BCUT2D eigenvalue weighted by Crippen LogP contribution is 2.31. The van der Waals surface area contributed by atoms with Crippen molar-refractivity contribution in [2.24, 2.45) is 5.92 Å². The van der Waals surface area contributed by atoms with Crippen molar-refractivity contribution in [1.82, 2.24) is 10.6 Å². The summed E-state index contributed by atoms with van der Waals surface area (Å²) in [4.78, 5) is 25.0. The molecule has 3 rings (SSSR count). The Hall–Kier alpha value is -2.50. The van der Waals surface area contributed by atoms with Crippen LogP contribution in [0.2, 0.25) is 0 Å². The second kappa shape index (κ2) is 9.13. The lowest BCUT2D eigenvalue weighted by atomic mass is 9.88. The summed E-state index contributed by atoms with van der Waals surface area (Å²) in [5.74, 6) is 0.976. The first kappa shape index (κ1) is 20.2. The zero-order chi connectivity index (χ0) is 20.1. The van der Waals surface area contributed by atoms with Crippen LogP contribution in [0, 0.1) is 5.92 Å². The largest absolute Gasteiger partial charge is 0.494 e. The lowest BCUT2D eigenvalue weighted by Gasteiger charge is -2.31. The van der Waals surface area contributed by atoms with Gasteiger partial charge in [0.2, 0.25) is 0 Å². The number of rotatable bonds is 6. The summed E-state index contributed by atoms with van der Waals surface area (Å²) in [5.41, 5.74) is 1.82. The fourth-order valence-electron chi connectivity index (χ4n) is 3.89. The summed E-state index contributed by atoms with van der Waals surface area (Å²) < 4.78 is 11.4. The summed E-state index contributed by atoms with van der Waals surface area (Å²) >= 11 is 0. The Labute approximate surface area is 166 Å². The standard InChI is InChI=1S/C22H30N2O4/c1-4-12-27-17-10-8-16(9-11-17)20-19(15(3)23-22(26)24-20)21(25)28-18-7-5-6-14(2)13-18/h8-11,14,18,20H,4-7,12-13H2,1-3H3,(H2,23,24,26)/t14-,18+,20+/m1/s1. The zero-order valence-electron chi connectivity index (χ0n) is 16.9. The van der Waals surface area contributed by atoms with Crippen LogP contribution in [-0.4, -0.2) is 24.7 Å². The summed E-state index contributed by atoms with van der Waals surface area (Å²) in [5, 5.41) is 5.55. The molecule has 2 aliphatic rings. The Kier molecular flexibility index (Phi) is 6.60. The van der Waals surface area contributed by atoms with Gasteiger partial charge >= 0.3 is 12.0 Å². The Morgan fingerprint density at radius 3 is 2.64 bits per heavy atom. The maximum absolute atomic E-state index is 13.0. The molecule has 0 bridgehead atoms. The van der Waals surface area contributed by atoms with E-state index in [1.165, 1.54) is 6.42 Å². The number of carbonyl (C=O) groups excluding carboxylic acids is 2. The monoisotopic (exact) mass is 386 g/mol. The minimum Gasteiger partial charge on any atom is -0.494 e. The molecule has 1 aliphatic carbocycles. The average Bonchev–Trinajstić information content (AvgIpc) is 2.66. The highest BCUT2D eigenvalue weighted by Gasteiger charge is 2.34. The maximum atomic E-state index is 13.0. The van der Waals surface area contributed by atoms with E-state index in [-0.39, 0.29) is 18.1 Å². The minimum absolute atomic E-state index is 0.0559. The van der Waals surface area contributed by atoms with Gasteiger partial charge in [0, 0.05) is 5.70 Å². The van der Waals surface area contributed by atoms with Gasteiger partial charge in [0.05, 0.1) is 18.2 Å². The number of hydrogen-bond acceptors (Lipinski definition) is 4. The second-order valence-corrected chi connectivity index (χ2v) is 7.79. The SMILES string of the molecule is CCCOc1ccc([C@@H]2NC(=O)NC(C)=C2C(=O)O[C@H]2CCC[C@@H](C)C2)cc1. The molecule has 0 spiro atoms. The number of allylic oxidation sites excluding steroid dienone is 1. The molecule has 1 aromatic carbocycles. The number of ether oxygens (including phenoxy) is 2. The Morgan fingerprint density at radius 2 is 1.96 bits per heavy atom. The van der Waals surface area contributed by atoms with Crippen LogP contribution in [0.3, 0.4) is 0 Å². The molecule has 3 atom stereocenters. The zero-order valence-corrected chi connectivity index (χ0v) is 16.9. The van der Waals surface area contributed by atoms with Crippen molar-refractivity contribution in [3.8, 4) is 5.75 Å². The number of benzene rings is 1. The predicted octanol–water partition coefficient (Wildman–Crippen LogP) is 4.23. The van der Waals surface area contributed by atoms with E-state index in [2.05, 4.69) is 24.5 Å². The quantitative estimate of drug-likeness (QED) is 0.718. The average molecular weight is 386 g/mol. The van der Waals surface area contributed by atoms with Gasteiger partial charge in [0.1, 0.15) is 11.9 Å². The van der Waals surface area contributed by atoms with Gasteiger partial charge in [0.25, 0.3) is 0 Å². The first-order chi connectivity index (χ1) is 13.5. The van der Waals surface area contributed by atoms with Crippen molar-refractivity contribution in [1.29, 1.82) is 0 Å². The van der Waals surface area contributed by atoms with Crippen LogP contribution < -0.4 is 15.4 Å². The van der Waals surface area contributed by atoms with Crippen molar-refractivity contribution in [2.45, 2.75) is 65.0 Å². The van der Waals surface area contributed by atoms with Gasteiger partial charge in [-0.15, -0.1) is 0 Å². The van der Waals surface area contributed by atoms with Gasteiger partial charge in [-0.1, -0.05) is 32.4 Å². The van der Waals surface area contributed by atoms with Gasteiger partial charge in [-0.2, -0.15) is 0 Å². The van der Waals surface area contributed by atoms with Crippen molar-refractivity contribution < 1.29 is 19.1 Å². The highest BCUT2D eigenvalue weighted by atomic mass is 16.5. The molecule has 1 aliphatic heterocycles. The van der Waals surface area contributed by atoms with Gasteiger partial charge in [-0.25, -0.2) is 9.59 Å². The molecule has 0 unspecified atom stereocenters. The Morgan fingerprint density at radius 1 is 1.21 bits per heavy atom. The summed E-state index contributed by atoms with van der Waals surface area (Å²) in [6, 6.07) is 6.62. The molecule has 1 fully saturated rings. The first-order valence-corrected chi connectivity index (χ1v) is 10.2. The summed E-state index contributed by atoms with van der Waals surface area (Å²) in [7, 11) is 0. The molecule has 152 valence electrons. The Bertz CT molecular complexity index is 741. The van der Waals surface area contributed by atoms with Crippen molar-refractivity contribution >= 4 is 12.0 Å². The van der Waals surface area contributed by atoms with Crippen molar-refractivity contribution in [3.05, 3.63) is 41.1 Å². The number of nitrogens with one attached hydrogen (secondary N) is 2. The van der Waals surface area contributed by atoms with Crippen LogP contribution in [0.25, 0.3) is 0 Å². The van der Waals surface area contributed by atoms with E-state index < -0.39 is 6.04 Å². The number of carbonyl (C=O) groups is 2. The van der Waals surface area contributed by atoms with E-state index in [0.29, 0.717) is 23.8 Å². The van der Waals surface area contributed by atoms with Gasteiger partial charge in [-0.05, 0) is 56.2 Å². The highest BCUT2D eigenvalue weighted by molar-refractivity contribution is 5.95. The number of hydrogen-bond donors (Lipinski definition) is 2. The normalized spacial score (nSPS) is 25.0. The maximum Gasteiger partial charge on any atom is 0.338 e. The molecule has 6 nitrogen and oxygen atoms in total. The van der Waals surface area contributed by atoms with Crippen LogP contribution in [0.5, 0.6) is 5.75 Å². The lowest BCUT2D eigenvalue weighted by molar-refractivity contribution is -0.146. The van der Waals surface area contributed by atoms with E-state index in [0.717, 1.165) is 37.0 Å². The third-order valence-corrected chi connectivity index (χ3v) is 5.34. The van der Waals surface area contributed by atoms with Crippen LogP contribution >= 0.6 is 0 Å². The minimum atomic E-state index is -0.539. The third kappa shape index (κ3) is 4.86. The van der Waals surface area contributed by atoms with Crippen LogP contribution in [0.15, 0.2) is 35.5 Å². The van der Waals surface area contributed by atoms with Crippen LogP contribution in [0.1, 0.15) is 64.5 Å². The van der Waals surface area contributed by atoms with E-state index in [9.17, 15) is 9.59 Å². The molecular formula is C22H30N2O4. The first-order valence-electron chi connectivity index (χ1n) is 10.2. The summed E-state index contributed by atoms with van der Waals surface area (Å²) in [6.07, 6.45) is 4.93. The molecule has 0 aromatic heterocycles. The lowest BCUT2D eigenvalue weighted by Crippen LogP contribution is -2.45. The van der Waals surface area contributed by atoms with Crippen LogP contribution in [-0.2, 0) is 9.53 Å². The number of amides is 2. The van der Waals surface area contributed by atoms with Crippen molar-refractivity contribution in [3.63, 3.8) is 0 Å². The fraction of sp³-hybridized carbons (Fsp3) is 0.545. The summed E-state index contributed by atoms with van der Waals surface area (Å²) in [6.45, 7) is 6.64. The van der Waals surface area contributed by atoms with E-state index in [1.807, 2.05) is 24.3 Å². The predicted molar refractivity (Wildman–Crippen MR) is 107 cm³/mol. The molecule has 28 heavy (non-hydrogen) atoms. The fourth-order valence-corrected chi connectivity index (χ4v) is 3.89.